The molecule has 0 spiro atoms. The molecular weight excluding hydrogens is 242 g/mol. The van der Waals surface area contributed by atoms with Crippen LogP contribution in [-0.4, -0.2) is 11.5 Å². The lowest BCUT2D eigenvalue weighted by Crippen LogP contribution is -2.01. The fourth-order valence-corrected chi connectivity index (χ4v) is 1.71. The predicted octanol–water partition coefficient (Wildman–Crippen LogP) is 3.52. The van der Waals surface area contributed by atoms with Crippen molar-refractivity contribution in [1.82, 2.24) is 0 Å². The molecule has 2 aromatic rings. The van der Waals surface area contributed by atoms with Crippen molar-refractivity contribution in [2.45, 2.75) is 13.3 Å². The fourth-order valence-electron chi connectivity index (χ4n) is 1.71. The summed E-state index contributed by atoms with van der Waals surface area (Å²) in [6, 6.07) is 14.4. The van der Waals surface area contributed by atoms with Gasteiger partial charge in [-0.1, -0.05) is 29.8 Å². The SMILES string of the molecule is Cc1ccc(OCCc2ccc([N+](=O)[O-])cc2)cc1. The molecular formula is C15H15NO3. The second-order valence-corrected chi connectivity index (χ2v) is 4.34. The highest BCUT2D eigenvalue weighted by molar-refractivity contribution is 5.33. The summed E-state index contributed by atoms with van der Waals surface area (Å²) in [4.78, 5) is 10.1. The molecule has 2 aromatic carbocycles. The third kappa shape index (κ3) is 3.81. The lowest BCUT2D eigenvalue weighted by atomic mass is 10.1. The van der Waals surface area contributed by atoms with Crippen LogP contribution in [0.3, 0.4) is 0 Å². The normalized spacial score (nSPS) is 10.2. The van der Waals surface area contributed by atoms with E-state index in [0.717, 1.165) is 17.7 Å². The molecule has 0 radical (unpaired) electrons. The molecule has 0 aliphatic heterocycles. The maximum absolute atomic E-state index is 10.5. The average molecular weight is 257 g/mol. The summed E-state index contributed by atoms with van der Waals surface area (Å²) < 4.78 is 5.61. The first kappa shape index (κ1) is 13.1. The van der Waals surface area contributed by atoms with E-state index in [1.807, 2.05) is 31.2 Å². The highest BCUT2D eigenvalue weighted by Gasteiger charge is 2.03. The van der Waals surface area contributed by atoms with Crippen LogP contribution >= 0.6 is 0 Å². The highest BCUT2D eigenvalue weighted by atomic mass is 16.6. The zero-order chi connectivity index (χ0) is 13.7. The van der Waals surface area contributed by atoms with Crippen LogP contribution in [0.1, 0.15) is 11.1 Å². The van der Waals surface area contributed by atoms with E-state index < -0.39 is 4.92 Å². The number of aryl methyl sites for hydroxylation is 1. The summed E-state index contributed by atoms with van der Waals surface area (Å²) in [5, 5.41) is 10.5. The molecule has 0 aromatic heterocycles. The van der Waals surface area contributed by atoms with Crippen molar-refractivity contribution < 1.29 is 9.66 Å². The van der Waals surface area contributed by atoms with Gasteiger partial charge < -0.3 is 4.74 Å². The van der Waals surface area contributed by atoms with E-state index in [2.05, 4.69) is 0 Å². The van der Waals surface area contributed by atoms with Crippen LogP contribution in [0, 0.1) is 17.0 Å². The predicted molar refractivity (Wildman–Crippen MR) is 73.5 cm³/mol. The molecule has 0 amide bonds. The Morgan fingerprint density at radius 2 is 1.68 bits per heavy atom. The molecule has 0 saturated heterocycles. The van der Waals surface area contributed by atoms with Gasteiger partial charge in [0.1, 0.15) is 5.75 Å². The first-order valence-electron chi connectivity index (χ1n) is 6.08. The first-order valence-corrected chi connectivity index (χ1v) is 6.08. The monoisotopic (exact) mass is 257 g/mol. The maximum atomic E-state index is 10.5. The molecule has 0 saturated carbocycles. The molecule has 0 heterocycles. The van der Waals surface area contributed by atoms with Crippen LogP contribution in [0.5, 0.6) is 5.75 Å². The standard InChI is InChI=1S/C15H15NO3/c1-12-2-8-15(9-3-12)19-11-10-13-4-6-14(7-5-13)16(17)18/h2-9H,10-11H2,1H3. The van der Waals surface area contributed by atoms with Gasteiger partial charge in [-0.05, 0) is 24.6 Å². The molecule has 98 valence electrons. The Morgan fingerprint density at radius 1 is 1.05 bits per heavy atom. The molecule has 19 heavy (non-hydrogen) atoms. The lowest BCUT2D eigenvalue weighted by Gasteiger charge is -2.06. The number of benzene rings is 2. The minimum Gasteiger partial charge on any atom is -0.493 e. The van der Waals surface area contributed by atoms with E-state index in [1.54, 1.807) is 12.1 Å². The Labute approximate surface area is 111 Å². The van der Waals surface area contributed by atoms with Crippen LogP contribution in [-0.2, 0) is 6.42 Å². The second kappa shape index (κ2) is 6.00. The Kier molecular flexibility index (Phi) is 4.13. The van der Waals surface area contributed by atoms with Crippen molar-refractivity contribution in [3.05, 3.63) is 69.8 Å². The molecule has 0 aliphatic rings. The minimum absolute atomic E-state index is 0.114. The number of hydrogen-bond acceptors (Lipinski definition) is 3. The number of nitrogens with zero attached hydrogens (tertiary/aromatic N) is 1. The largest absolute Gasteiger partial charge is 0.493 e. The van der Waals surface area contributed by atoms with Crippen molar-refractivity contribution in [1.29, 1.82) is 0 Å². The van der Waals surface area contributed by atoms with E-state index in [4.69, 9.17) is 4.74 Å². The second-order valence-electron chi connectivity index (χ2n) is 4.34. The van der Waals surface area contributed by atoms with Crippen molar-refractivity contribution in [3.8, 4) is 5.75 Å². The number of nitro groups is 1. The Morgan fingerprint density at radius 3 is 2.26 bits per heavy atom. The van der Waals surface area contributed by atoms with E-state index >= 15 is 0 Å². The third-order valence-corrected chi connectivity index (χ3v) is 2.83. The molecule has 0 aliphatic carbocycles. The number of rotatable bonds is 5. The van der Waals surface area contributed by atoms with Gasteiger partial charge in [-0.15, -0.1) is 0 Å². The van der Waals surface area contributed by atoms with Crippen LogP contribution in [0.2, 0.25) is 0 Å². The zero-order valence-electron chi connectivity index (χ0n) is 10.7. The molecule has 2 rings (SSSR count). The van der Waals surface area contributed by atoms with E-state index in [0.29, 0.717) is 6.61 Å². The van der Waals surface area contributed by atoms with Gasteiger partial charge in [-0.3, -0.25) is 10.1 Å². The summed E-state index contributed by atoms with van der Waals surface area (Å²) in [5.41, 5.74) is 2.34. The van der Waals surface area contributed by atoms with Gasteiger partial charge in [0.15, 0.2) is 0 Å². The zero-order valence-corrected chi connectivity index (χ0v) is 10.7. The summed E-state index contributed by atoms with van der Waals surface area (Å²) in [6.07, 6.45) is 0.728. The maximum Gasteiger partial charge on any atom is 0.269 e. The highest BCUT2D eigenvalue weighted by Crippen LogP contribution is 2.14. The van der Waals surface area contributed by atoms with Crippen molar-refractivity contribution in [3.63, 3.8) is 0 Å². The Balaban J connectivity index is 1.85. The van der Waals surface area contributed by atoms with E-state index in [-0.39, 0.29) is 5.69 Å². The van der Waals surface area contributed by atoms with Gasteiger partial charge in [0.25, 0.3) is 5.69 Å². The van der Waals surface area contributed by atoms with Gasteiger partial charge >= 0.3 is 0 Å². The molecule has 0 bridgehead atoms. The van der Waals surface area contributed by atoms with Crippen LogP contribution < -0.4 is 4.74 Å². The number of non-ortho nitro benzene ring substituents is 1. The fraction of sp³-hybridized carbons (Fsp3) is 0.200. The van der Waals surface area contributed by atoms with Gasteiger partial charge in [-0.25, -0.2) is 0 Å². The summed E-state index contributed by atoms with van der Waals surface area (Å²) in [6.45, 7) is 2.58. The third-order valence-electron chi connectivity index (χ3n) is 2.83. The number of ether oxygens (including phenoxy) is 1. The number of hydrogen-bond donors (Lipinski definition) is 0. The molecule has 4 heteroatoms. The van der Waals surface area contributed by atoms with Crippen LogP contribution in [0.15, 0.2) is 48.5 Å². The quantitative estimate of drug-likeness (QED) is 0.608. The molecule has 0 atom stereocenters. The molecule has 0 N–H and O–H groups in total. The van der Waals surface area contributed by atoms with Crippen LogP contribution in [0.25, 0.3) is 0 Å². The van der Waals surface area contributed by atoms with Gasteiger partial charge in [0.05, 0.1) is 11.5 Å². The smallest absolute Gasteiger partial charge is 0.269 e. The van der Waals surface area contributed by atoms with E-state index in [1.165, 1.54) is 17.7 Å². The van der Waals surface area contributed by atoms with Gasteiger partial charge in [-0.2, -0.15) is 0 Å². The summed E-state index contributed by atoms with van der Waals surface area (Å²) >= 11 is 0. The van der Waals surface area contributed by atoms with Gasteiger partial charge in [0, 0.05) is 18.6 Å². The minimum atomic E-state index is -0.396. The Bertz CT molecular complexity index is 547. The topological polar surface area (TPSA) is 52.4 Å². The molecule has 4 nitrogen and oxygen atoms in total. The lowest BCUT2D eigenvalue weighted by molar-refractivity contribution is -0.384. The van der Waals surface area contributed by atoms with Crippen LogP contribution in [0.4, 0.5) is 5.69 Å². The van der Waals surface area contributed by atoms with Crippen molar-refractivity contribution in [2.24, 2.45) is 0 Å². The van der Waals surface area contributed by atoms with Crippen molar-refractivity contribution >= 4 is 5.69 Å². The number of nitro benzene ring substituents is 1. The Hall–Kier alpha value is -2.36. The first-order chi connectivity index (χ1) is 9.15. The molecule has 0 fully saturated rings. The average Bonchev–Trinajstić information content (AvgIpc) is 2.41. The summed E-state index contributed by atoms with van der Waals surface area (Å²) in [7, 11) is 0. The van der Waals surface area contributed by atoms with E-state index in [9.17, 15) is 10.1 Å². The van der Waals surface area contributed by atoms with Gasteiger partial charge in [0.2, 0.25) is 0 Å². The molecule has 0 unspecified atom stereocenters. The summed E-state index contributed by atoms with van der Waals surface area (Å²) in [5.74, 6) is 0.840. The van der Waals surface area contributed by atoms with Crippen molar-refractivity contribution in [2.75, 3.05) is 6.61 Å².